The van der Waals surface area contributed by atoms with Gasteiger partial charge in [0.05, 0.1) is 18.8 Å². The molecule has 146 valence electrons. The van der Waals surface area contributed by atoms with Crippen molar-refractivity contribution in [2.45, 2.75) is 59.3 Å². The Hall–Kier alpha value is -1.59. The third kappa shape index (κ3) is 6.29. The molecular weight excluding hydrogens is 326 g/mol. The van der Waals surface area contributed by atoms with E-state index < -0.39 is 0 Å². The van der Waals surface area contributed by atoms with E-state index >= 15 is 0 Å². The molecule has 3 atom stereocenters. The van der Waals surface area contributed by atoms with E-state index in [1.165, 1.54) is 5.69 Å². The van der Waals surface area contributed by atoms with E-state index in [1.807, 2.05) is 19.2 Å². The van der Waals surface area contributed by atoms with Crippen LogP contribution in [0.1, 0.15) is 41.0 Å². The van der Waals surface area contributed by atoms with Gasteiger partial charge in [-0.3, -0.25) is 9.69 Å². The van der Waals surface area contributed by atoms with E-state index in [0.717, 1.165) is 25.2 Å². The number of hydrogen-bond donors (Lipinski definition) is 1. The first-order valence-corrected chi connectivity index (χ1v) is 9.75. The van der Waals surface area contributed by atoms with Gasteiger partial charge in [0, 0.05) is 30.5 Å². The second-order valence-electron chi connectivity index (χ2n) is 8.15. The molecule has 1 fully saturated rings. The number of ether oxygens (including phenoxy) is 1. The molecule has 1 saturated heterocycles. The van der Waals surface area contributed by atoms with Crippen LogP contribution in [0.25, 0.3) is 0 Å². The summed E-state index contributed by atoms with van der Waals surface area (Å²) in [5, 5.41) is 3.00. The summed E-state index contributed by atoms with van der Waals surface area (Å²) in [7, 11) is 2.01. The van der Waals surface area contributed by atoms with Crippen LogP contribution < -0.4 is 10.2 Å². The van der Waals surface area contributed by atoms with E-state index in [2.05, 4.69) is 61.9 Å². The number of likely N-dealkylation sites (N-methyl/N-ethyl adjacent to an activating group) is 1. The highest BCUT2D eigenvalue weighted by Gasteiger charge is 2.22. The molecule has 0 aliphatic carbocycles. The van der Waals surface area contributed by atoms with E-state index in [4.69, 9.17) is 4.74 Å². The summed E-state index contributed by atoms with van der Waals surface area (Å²) in [5.41, 5.74) is 2.02. The van der Waals surface area contributed by atoms with Gasteiger partial charge in [-0.2, -0.15) is 0 Å². The quantitative estimate of drug-likeness (QED) is 0.806. The average molecular weight is 362 g/mol. The lowest BCUT2D eigenvalue weighted by atomic mass is 10.0. The third-order valence-corrected chi connectivity index (χ3v) is 4.89. The van der Waals surface area contributed by atoms with Crippen LogP contribution in [0.15, 0.2) is 24.3 Å². The van der Waals surface area contributed by atoms with E-state index in [-0.39, 0.29) is 18.1 Å². The van der Waals surface area contributed by atoms with Crippen LogP contribution >= 0.6 is 0 Å². The van der Waals surface area contributed by atoms with Crippen molar-refractivity contribution in [3.05, 3.63) is 24.3 Å². The molecule has 1 heterocycles. The number of nitrogens with one attached hydrogen (secondary N) is 1. The summed E-state index contributed by atoms with van der Waals surface area (Å²) in [4.78, 5) is 16.8. The van der Waals surface area contributed by atoms with Gasteiger partial charge in [-0.25, -0.2) is 0 Å². The van der Waals surface area contributed by atoms with Crippen molar-refractivity contribution in [3.8, 4) is 0 Å². The summed E-state index contributed by atoms with van der Waals surface area (Å²) >= 11 is 0. The molecule has 1 N–H and O–H groups in total. The second kappa shape index (κ2) is 9.38. The number of benzene rings is 1. The standard InChI is InChI=1S/C21H35N3O2/c1-15(2)11-16(3)23(6)14-21(25)22-19-7-9-20(10-8-19)24-12-17(4)26-18(5)13-24/h7-10,15-18H,11-14H2,1-6H3,(H,22,25). The molecule has 5 heteroatoms. The van der Waals surface area contributed by atoms with Crippen LogP contribution in [0, 0.1) is 5.92 Å². The molecule has 1 aliphatic rings. The fourth-order valence-corrected chi connectivity index (χ4v) is 3.59. The Morgan fingerprint density at radius 3 is 2.31 bits per heavy atom. The number of amides is 1. The van der Waals surface area contributed by atoms with Crippen molar-refractivity contribution in [1.82, 2.24) is 4.90 Å². The highest BCUT2D eigenvalue weighted by atomic mass is 16.5. The Balaban J connectivity index is 1.87. The number of carbonyl (C=O) groups excluding carboxylic acids is 1. The molecular formula is C21H35N3O2. The lowest BCUT2D eigenvalue weighted by Crippen LogP contribution is -2.45. The van der Waals surface area contributed by atoms with Crippen LogP contribution in [0.4, 0.5) is 11.4 Å². The van der Waals surface area contributed by atoms with Gasteiger partial charge in [0.15, 0.2) is 0 Å². The molecule has 26 heavy (non-hydrogen) atoms. The number of carbonyl (C=O) groups is 1. The van der Waals surface area contributed by atoms with E-state index in [0.29, 0.717) is 18.5 Å². The number of hydrogen-bond acceptors (Lipinski definition) is 4. The molecule has 1 aromatic carbocycles. The van der Waals surface area contributed by atoms with Gasteiger partial charge in [-0.1, -0.05) is 13.8 Å². The van der Waals surface area contributed by atoms with Gasteiger partial charge in [0.25, 0.3) is 0 Å². The molecule has 0 spiro atoms. The predicted octanol–water partition coefficient (Wildman–Crippen LogP) is 3.61. The van der Waals surface area contributed by atoms with Crippen LogP contribution in [-0.4, -0.2) is 55.7 Å². The maximum absolute atomic E-state index is 12.3. The molecule has 0 radical (unpaired) electrons. The first kappa shape index (κ1) is 20.7. The average Bonchev–Trinajstić information content (AvgIpc) is 2.53. The van der Waals surface area contributed by atoms with Gasteiger partial charge in [-0.05, 0) is 64.4 Å². The molecule has 3 unspecified atom stereocenters. The zero-order valence-corrected chi connectivity index (χ0v) is 17.2. The second-order valence-corrected chi connectivity index (χ2v) is 8.15. The van der Waals surface area contributed by atoms with Crippen molar-refractivity contribution in [2.75, 3.05) is 36.9 Å². The fraction of sp³-hybridized carbons (Fsp3) is 0.667. The zero-order valence-electron chi connectivity index (χ0n) is 17.2. The van der Waals surface area contributed by atoms with E-state index in [9.17, 15) is 4.79 Å². The molecule has 0 bridgehead atoms. The van der Waals surface area contributed by atoms with Crippen LogP contribution in [0.2, 0.25) is 0 Å². The molecule has 0 aromatic heterocycles. The minimum Gasteiger partial charge on any atom is -0.372 e. The number of morpholine rings is 1. The third-order valence-electron chi connectivity index (χ3n) is 4.89. The topological polar surface area (TPSA) is 44.8 Å². The number of anilines is 2. The highest BCUT2D eigenvalue weighted by molar-refractivity contribution is 5.92. The maximum Gasteiger partial charge on any atom is 0.238 e. The first-order chi connectivity index (χ1) is 12.2. The molecule has 5 nitrogen and oxygen atoms in total. The summed E-state index contributed by atoms with van der Waals surface area (Å²) in [6.45, 7) is 13.0. The molecule has 0 saturated carbocycles. The van der Waals surface area contributed by atoms with Crippen LogP contribution in [-0.2, 0) is 9.53 Å². The fourth-order valence-electron chi connectivity index (χ4n) is 3.59. The number of rotatable bonds is 7. The SMILES string of the molecule is CC(C)CC(C)N(C)CC(=O)Nc1ccc(N2CC(C)OC(C)C2)cc1. The number of nitrogens with zero attached hydrogens (tertiary/aromatic N) is 2. The minimum absolute atomic E-state index is 0.0319. The van der Waals surface area contributed by atoms with Crippen molar-refractivity contribution < 1.29 is 9.53 Å². The van der Waals surface area contributed by atoms with Gasteiger partial charge < -0.3 is 15.0 Å². The van der Waals surface area contributed by atoms with Crippen LogP contribution in [0.5, 0.6) is 0 Å². The van der Waals surface area contributed by atoms with Crippen molar-refractivity contribution in [3.63, 3.8) is 0 Å². The zero-order chi connectivity index (χ0) is 19.3. The monoisotopic (exact) mass is 361 g/mol. The van der Waals surface area contributed by atoms with Crippen molar-refractivity contribution >= 4 is 17.3 Å². The van der Waals surface area contributed by atoms with Crippen molar-refractivity contribution in [1.29, 1.82) is 0 Å². The molecule has 1 aliphatic heterocycles. The molecule has 1 amide bonds. The van der Waals surface area contributed by atoms with Gasteiger partial charge >= 0.3 is 0 Å². The van der Waals surface area contributed by atoms with Gasteiger partial charge in [0.1, 0.15) is 0 Å². The summed E-state index contributed by atoms with van der Waals surface area (Å²) in [6, 6.07) is 8.51. The highest BCUT2D eigenvalue weighted by Crippen LogP contribution is 2.22. The van der Waals surface area contributed by atoms with Gasteiger partial charge in [0.2, 0.25) is 5.91 Å². The lowest BCUT2D eigenvalue weighted by Gasteiger charge is -2.36. The Morgan fingerprint density at radius 1 is 1.19 bits per heavy atom. The van der Waals surface area contributed by atoms with Gasteiger partial charge in [-0.15, -0.1) is 0 Å². The van der Waals surface area contributed by atoms with Crippen LogP contribution in [0.3, 0.4) is 0 Å². The molecule has 1 aromatic rings. The maximum atomic E-state index is 12.3. The minimum atomic E-state index is 0.0319. The predicted molar refractivity (Wildman–Crippen MR) is 109 cm³/mol. The Morgan fingerprint density at radius 2 is 1.77 bits per heavy atom. The molecule has 2 rings (SSSR count). The summed E-state index contributed by atoms with van der Waals surface area (Å²) in [6.07, 6.45) is 1.57. The van der Waals surface area contributed by atoms with E-state index in [1.54, 1.807) is 0 Å². The lowest BCUT2D eigenvalue weighted by molar-refractivity contribution is -0.117. The van der Waals surface area contributed by atoms with Crippen molar-refractivity contribution in [2.24, 2.45) is 5.92 Å². The Kier molecular flexibility index (Phi) is 7.47. The Labute approximate surface area is 158 Å². The Bertz CT molecular complexity index is 563. The summed E-state index contributed by atoms with van der Waals surface area (Å²) < 4.78 is 5.79. The summed E-state index contributed by atoms with van der Waals surface area (Å²) in [5.74, 6) is 0.665. The normalized spacial score (nSPS) is 21.9. The smallest absolute Gasteiger partial charge is 0.238 e. The first-order valence-electron chi connectivity index (χ1n) is 9.75. The largest absolute Gasteiger partial charge is 0.372 e.